The summed E-state index contributed by atoms with van der Waals surface area (Å²) in [6, 6.07) is 0.566. The summed E-state index contributed by atoms with van der Waals surface area (Å²) in [5.41, 5.74) is 0. The summed E-state index contributed by atoms with van der Waals surface area (Å²) in [6.07, 6.45) is 5.01. The van der Waals surface area contributed by atoms with Gasteiger partial charge in [-0.15, -0.1) is 0 Å². The van der Waals surface area contributed by atoms with E-state index in [0.29, 0.717) is 16.5 Å². The van der Waals surface area contributed by atoms with Crippen LogP contribution in [0.5, 0.6) is 0 Å². The lowest BCUT2D eigenvalue weighted by Gasteiger charge is -2.38. The molecule has 1 saturated carbocycles. The number of hydrogen-bond donors (Lipinski definition) is 1. The molecular weight excluding hydrogens is 170 g/mol. The fraction of sp³-hybridized carbons (Fsp3) is 1.00. The number of hydrogen-bond acceptors (Lipinski definition) is 2. The van der Waals surface area contributed by atoms with Crippen LogP contribution in [-0.4, -0.2) is 27.3 Å². The van der Waals surface area contributed by atoms with E-state index in [1.165, 1.54) is 25.7 Å². The molecule has 0 radical (unpaired) electrons. The van der Waals surface area contributed by atoms with Crippen LogP contribution in [0, 0.1) is 0 Å². The molecular formula is C9H17NOS. The topological polar surface area (TPSA) is 29.1 Å². The summed E-state index contributed by atoms with van der Waals surface area (Å²) in [7, 11) is -0.564. The minimum absolute atomic E-state index is 0.365. The van der Waals surface area contributed by atoms with Crippen LogP contribution in [0.3, 0.4) is 0 Å². The van der Waals surface area contributed by atoms with Gasteiger partial charge in [0.15, 0.2) is 0 Å². The van der Waals surface area contributed by atoms with E-state index in [-0.39, 0.29) is 0 Å². The van der Waals surface area contributed by atoms with Crippen LogP contribution in [0.1, 0.15) is 32.6 Å². The van der Waals surface area contributed by atoms with Gasteiger partial charge >= 0.3 is 0 Å². The number of rotatable bonds is 0. The second-order valence-electron chi connectivity index (χ2n) is 3.98. The minimum atomic E-state index is -0.564. The average Bonchev–Trinajstić information content (AvgIpc) is 2.12. The number of fused-ring (bicyclic) bond motifs is 1. The molecule has 3 heteroatoms. The highest BCUT2D eigenvalue weighted by atomic mass is 32.2. The molecule has 1 heterocycles. The molecule has 0 amide bonds. The van der Waals surface area contributed by atoms with Crippen LogP contribution >= 0.6 is 0 Å². The summed E-state index contributed by atoms with van der Waals surface area (Å²) in [6.45, 7) is 3.04. The van der Waals surface area contributed by atoms with Crippen LogP contribution in [0.2, 0.25) is 0 Å². The van der Waals surface area contributed by atoms with Gasteiger partial charge in [0, 0.05) is 28.6 Å². The first-order valence-corrected chi connectivity index (χ1v) is 6.19. The molecule has 0 aromatic carbocycles. The number of nitrogens with one attached hydrogen (secondary N) is 1. The summed E-state index contributed by atoms with van der Waals surface area (Å²) in [5, 5.41) is 4.33. The van der Waals surface area contributed by atoms with Crippen LogP contribution in [0.4, 0.5) is 0 Å². The van der Waals surface area contributed by atoms with Gasteiger partial charge in [0.2, 0.25) is 0 Å². The van der Waals surface area contributed by atoms with Crippen LogP contribution in [0.25, 0.3) is 0 Å². The lowest BCUT2D eigenvalue weighted by molar-refractivity contribution is 0.364. The SMILES string of the molecule is CC1CNC2CCCCC2S1=O. The average molecular weight is 187 g/mol. The standard InChI is InChI=1S/C9H17NOS/c1-7-6-10-8-4-2-3-5-9(8)12(7)11/h7-10H,2-6H2,1H3. The summed E-state index contributed by atoms with van der Waals surface area (Å²) < 4.78 is 11.8. The van der Waals surface area contributed by atoms with Crippen molar-refractivity contribution in [3.8, 4) is 0 Å². The van der Waals surface area contributed by atoms with Crippen molar-refractivity contribution in [2.45, 2.75) is 49.1 Å². The van der Waals surface area contributed by atoms with Crippen molar-refractivity contribution in [1.29, 1.82) is 0 Å². The Morgan fingerprint density at radius 2 is 2.08 bits per heavy atom. The molecule has 2 fully saturated rings. The Bertz CT molecular complexity index is 195. The predicted molar refractivity (Wildman–Crippen MR) is 51.7 cm³/mol. The molecule has 70 valence electrons. The van der Waals surface area contributed by atoms with Gasteiger partial charge in [-0.3, -0.25) is 4.21 Å². The highest BCUT2D eigenvalue weighted by molar-refractivity contribution is 7.86. The highest BCUT2D eigenvalue weighted by Gasteiger charge is 2.35. The zero-order valence-electron chi connectivity index (χ0n) is 7.58. The molecule has 2 aliphatic rings. The summed E-state index contributed by atoms with van der Waals surface area (Å²) in [4.78, 5) is 0. The van der Waals surface area contributed by atoms with E-state index in [1.807, 2.05) is 0 Å². The van der Waals surface area contributed by atoms with Gasteiger partial charge < -0.3 is 5.32 Å². The van der Waals surface area contributed by atoms with E-state index < -0.39 is 10.8 Å². The van der Waals surface area contributed by atoms with Crippen molar-refractivity contribution >= 4 is 10.8 Å². The second-order valence-corrected chi connectivity index (χ2v) is 6.04. The maximum Gasteiger partial charge on any atom is 0.0504 e. The Hall–Kier alpha value is 0.110. The molecule has 0 aromatic rings. The van der Waals surface area contributed by atoms with Crippen molar-refractivity contribution < 1.29 is 4.21 Å². The summed E-state index contributed by atoms with van der Waals surface area (Å²) >= 11 is 0. The molecule has 4 unspecified atom stereocenters. The van der Waals surface area contributed by atoms with Gasteiger partial charge in [-0.05, 0) is 19.8 Å². The lowest BCUT2D eigenvalue weighted by atomic mass is 9.94. The molecule has 1 saturated heterocycles. The first kappa shape index (κ1) is 8.70. The van der Waals surface area contributed by atoms with Crippen molar-refractivity contribution in [1.82, 2.24) is 5.32 Å². The minimum Gasteiger partial charge on any atom is -0.312 e. The third-order valence-corrected chi connectivity index (χ3v) is 5.19. The van der Waals surface area contributed by atoms with E-state index >= 15 is 0 Å². The van der Waals surface area contributed by atoms with Crippen molar-refractivity contribution in [2.24, 2.45) is 0 Å². The Morgan fingerprint density at radius 1 is 1.33 bits per heavy atom. The molecule has 1 aliphatic heterocycles. The third kappa shape index (κ3) is 1.44. The van der Waals surface area contributed by atoms with E-state index in [4.69, 9.17) is 0 Å². The van der Waals surface area contributed by atoms with Crippen LogP contribution in [-0.2, 0) is 10.8 Å². The fourth-order valence-corrected chi connectivity index (χ4v) is 4.12. The van der Waals surface area contributed by atoms with Gasteiger partial charge in [-0.25, -0.2) is 0 Å². The van der Waals surface area contributed by atoms with Gasteiger partial charge in [0.05, 0.1) is 5.25 Å². The molecule has 12 heavy (non-hydrogen) atoms. The highest BCUT2D eigenvalue weighted by Crippen LogP contribution is 2.27. The van der Waals surface area contributed by atoms with E-state index in [1.54, 1.807) is 0 Å². The molecule has 1 aliphatic carbocycles. The first-order chi connectivity index (χ1) is 5.79. The van der Waals surface area contributed by atoms with Gasteiger partial charge in [-0.1, -0.05) is 12.8 Å². The summed E-state index contributed by atoms with van der Waals surface area (Å²) in [5.74, 6) is 0. The second kappa shape index (κ2) is 3.46. The molecule has 0 aromatic heterocycles. The van der Waals surface area contributed by atoms with Gasteiger partial charge in [-0.2, -0.15) is 0 Å². The van der Waals surface area contributed by atoms with Gasteiger partial charge in [0.25, 0.3) is 0 Å². The lowest BCUT2D eigenvalue weighted by Crippen LogP contribution is -2.54. The predicted octanol–water partition coefficient (Wildman–Crippen LogP) is 1.04. The van der Waals surface area contributed by atoms with Crippen molar-refractivity contribution in [3.63, 3.8) is 0 Å². The Labute approximate surface area is 76.6 Å². The van der Waals surface area contributed by atoms with E-state index in [9.17, 15) is 4.21 Å². The normalized spacial score (nSPS) is 48.4. The zero-order valence-corrected chi connectivity index (χ0v) is 8.40. The fourth-order valence-electron chi connectivity index (χ4n) is 2.31. The maximum atomic E-state index is 11.8. The molecule has 2 rings (SSSR count). The molecule has 0 spiro atoms. The van der Waals surface area contributed by atoms with Crippen molar-refractivity contribution in [3.05, 3.63) is 0 Å². The third-order valence-electron chi connectivity index (χ3n) is 3.07. The molecule has 0 bridgehead atoms. The van der Waals surface area contributed by atoms with Crippen LogP contribution < -0.4 is 5.32 Å². The Morgan fingerprint density at radius 3 is 2.92 bits per heavy atom. The van der Waals surface area contributed by atoms with Crippen molar-refractivity contribution in [2.75, 3.05) is 6.54 Å². The van der Waals surface area contributed by atoms with Crippen LogP contribution in [0.15, 0.2) is 0 Å². The first-order valence-electron chi connectivity index (χ1n) is 4.92. The molecule has 1 N–H and O–H groups in total. The monoisotopic (exact) mass is 187 g/mol. The van der Waals surface area contributed by atoms with E-state index in [2.05, 4.69) is 12.2 Å². The van der Waals surface area contributed by atoms with Gasteiger partial charge in [0.1, 0.15) is 0 Å². The zero-order chi connectivity index (χ0) is 8.55. The Balaban J connectivity index is 2.08. The molecule has 4 atom stereocenters. The smallest absolute Gasteiger partial charge is 0.0504 e. The quantitative estimate of drug-likeness (QED) is 0.614. The largest absolute Gasteiger partial charge is 0.312 e. The maximum absolute atomic E-state index is 11.8. The van der Waals surface area contributed by atoms with E-state index in [0.717, 1.165) is 6.54 Å². The Kier molecular flexibility index (Phi) is 2.51. The molecule has 2 nitrogen and oxygen atoms in total.